The van der Waals surface area contributed by atoms with Crippen LogP contribution in [0.5, 0.6) is 0 Å². The highest BCUT2D eigenvalue weighted by Gasteiger charge is 2.27. The molecule has 0 N–H and O–H groups in total. The summed E-state index contributed by atoms with van der Waals surface area (Å²) in [5.74, 6) is 1.02. The highest BCUT2D eigenvalue weighted by molar-refractivity contribution is 5.78. The van der Waals surface area contributed by atoms with Crippen LogP contribution in [0.4, 0.5) is 0 Å². The molecule has 0 saturated carbocycles. The van der Waals surface area contributed by atoms with Gasteiger partial charge in [0, 0.05) is 6.42 Å². The summed E-state index contributed by atoms with van der Waals surface area (Å²) >= 11 is 0. The third kappa shape index (κ3) is 4.15. The minimum absolute atomic E-state index is 0.357. The van der Waals surface area contributed by atoms with Crippen molar-refractivity contribution in [2.24, 2.45) is 4.99 Å². The van der Waals surface area contributed by atoms with Crippen LogP contribution in [0.15, 0.2) is 4.99 Å². The molecule has 0 saturated heterocycles. The maximum atomic E-state index is 5.87. The quantitative estimate of drug-likeness (QED) is 0.563. The monoisotopic (exact) mass is 225 g/mol. The van der Waals surface area contributed by atoms with Gasteiger partial charge in [0.1, 0.15) is 6.10 Å². The molecule has 0 spiro atoms. The fourth-order valence-corrected chi connectivity index (χ4v) is 2.26. The first-order valence-corrected chi connectivity index (χ1v) is 7.05. The second-order valence-electron chi connectivity index (χ2n) is 4.73. The molecule has 0 fully saturated rings. The van der Waals surface area contributed by atoms with E-state index in [2.05, 4.69) is 25.8 Å². The van der Waals surface area contributed by atoms with Crippen molar-refractivity contribution in [3.05, 3.63) is 0 Å². The number of hydrogen-bond acceptors (Lipinski definition) is 2. The first kappa shape index (κ1) is 13.5. The number of aliphatic imine (C=N–C) groups is 1. The molecule has 1 heterocycles. The minimum atomic E-state index is 0.357. The summed E-state index contributed by atoms with van der Waals surface area (Å²) in [6, 6.07) is 0.427. The van der Waals surface area contributed by atoms with E-state index in [1.54, 1.807) is 0 Å². The average molecular weight is 225 g/mol. The Morgan fingerprint density at radius 2 is 1.75 bits per heavy atom. The summed E-state index contributed by atoms with van der Waals surface area (Å²) < 4.78 is 5.87. The van der Waals surface area contributed by atoms with Crippen LogP contribution >= 0.6 is 0 Å². The first-order valence-electron chi connectivity index (χ1n) is 7.05. The Morgan fingerprint density at radius 1 is 1.00 bits per heavy atom. The zero-order valence-electron chi connectivity index (χ0n) is 11.2. The number of ether oxygens (including phenoxy) is 1. The van der Waals surface area contributed by atoms with Crippen LogP contribution in [0.3, 0.4) is 0 Å². The number of rotatable bonds is 8. The van der Waals surface area contributed by atoms with Crippen molar-refractivity contribution < 1.29 is 4.74 Å². The van der Waals surface area contributed by atoms with Crippen LogP contribution in [-0.2, 0) is 4.74 Å². The summed E-state index contributed by atoms with van der Waals surface area (Å²) in [7, 11) is 0. The van der Waals surface area contributed by atoms with Crippen LogP contribution in [-0.4, -0.2) is 18.0 Å². The van der Waals surface area contributed by atoms with Gasteiger partial charge in [-0.2, -0.15) is 0 Å². The molecule has 0 aromatic rings. The molecular formula is C14H27NO. The lowest BCUT2D eigenvalue weighted by Gasteiger charge is -2.13. The summed E-state index contributed by atoms with van der Waals surface area (Å²) in [6.45, 7) is 6.64. The molecule has 1 aliphatic heterocycles. The molecule has 0 amide bonds. The standard InChI is InChI=1S/C14H27NO/c1-4-7-8-9-10-11-14-15-12(5-2)13(6-3)16-14/h12-13H,4-11H2,1-3H3. The lowest BCUT2D eigenvalue weighted by Crippen LogP contribution is -2.20. The largest absolute Gasteiger partial charge is 0.475 e. The lowest BCUT2D eigenvalue weighted by atomic mass is 10.1. The molecule has 0 bridgehead atoms. The van der Waals surface area contributed by atoms with E-state index in [1.807, 2.05) is 0 Å². The van der Waals surface area contributed by atoms with Gasteiger partial charge in [0.2, 0.25) is 0 Å². The molecule has 0 radical (unpaired) electrons. The van der Waals surface area contributed by atoms with Crippen LogP contribution in [0.2, 0.25) is 0 Å². The van der Waals surface area contributed by atoms with E-state index in [0.717, 1.165) is 25.2 Å². The predicted octanol–water partition coefficient (Wildman–Crippen LogP) is 4.33. The van der Waals surface area contributed by atoms with Gasteiger partial charge in [0.15, 0.2) is 5.90 Å². The van der Waals surface area contributed by atoms with E-state index in [4.69, 9.17) is 4.74 Å². The molecule has 0 aliphatic carbocycles. The van der Waals surface area contributed by atoms with E-state index < -0.39 is 0 Å². The smallest absolute Gasteiger partial charge is 0.184 e. The Labute approximate surface area is 100 Å². The zero-order valence-corrected chi connectivity index (χ0v) is 11.2. The fourth-order valence-electron chi connectivity index (χ4n) is 2.26. The summed E-state index contributed by atoms with van der Waals surface area (Å²) in [5, 5.41) is 0. The van der Waals surface area contributed by atoms with Gasteiger partial charge < -0.3 is 4.74 Å². The van der Waals surface area contributed by atoms with Crippen LogP contribution in [0.25, 0.3) is 0 Å². The summed E-state index contributed by atoms with van der Waals surface area (Å²) in [4.78, 5) is 4.67. The van der Waals surface area contributed by atoms with Crippen LogP contribution in [0, 0.1) is 0 Å². The van der Waals surface area contributed by atoms with Gasteiger partial charge >= 0.3 is 0 Å². The van der Waals surface area contributed by atoms with Crippen molar-refractivity contribution >= 4 is 5.90 Å². The molecule has 2 nitrogen and oxygen atoms in total. The SMILES string of the molecule is CCCCCCCC1=NC(CC)C(CC)O1. The molecule has 2 heteroatoms. The van der Waals surface area contributed by atoms with Gasteiger partial charge in [-0.15, -0.1) is 0 Å². The van der Waals surface area contributed by atoms with E-state index in [-0.39, 0.29) is 0 Å². The molecule has 2 atom stereocenters. The Bertz CT molecular complexity index is 213. The van der Waals surface area contributed by atoms with Gasteiger partial charge in [-0.05, 0) is 19.3 Å². The second kappa shape index (κ2) is 7.70. The van der Waals surface area contributed by atoms with Gasteiger partial charge in [-0.1, -0.05) is 46.5 Å². The van der Waals surface area contributed by atoms with Gasteiger partial charge in [0.05, 0.1) is 6.04 Å². The topological polar surface area (TPSA) is 21.6 Å². The molecule has 0 aromatic heterocycles. The number of unbranched alkanes of at least 4 members (excludes halogenated alkanes) is 4. The van der Waals surface area contributed by atoms with E-state index in [9.17, 15) is 0 Å². The minimum Gasteiger partial charge on any atom is -0.475 e. The molecule has 1 aliphatic rings. The van der Waals surface area contributed by atoms with Crippen molar-refractivity contribution in [2.45, 2.75) is 84.3 Å². The van der Waals surface area contributed by atoms with Crippen molar-refractivity contribution in [2.75, 3.05) is 0 Å². The predicted molar refractivity (Wildman–Crippen MR) is 70.1 cm³/mol. The highest BCUT2D eigenvalue weighted by atomic mass is 16.5. The normalized spacial score (nSPS) is 24.3. The Kier molecular flexibility index (Phi) is 6.51. The Morgan fingerprint density at radius 3 is 2.31 bits per heavy atom. The third-order valence-corrected chi connectivity index (χ3v) is 3.34. The first-order chi connectivity index (χ1) is 7.81. The second-order valence-corrected chi connectivity index (χ2v) is 4.73. The van der Waals surface area contributed by atoms with E-state index >= 15 is 0 Å². The van der Waals surface area contributed by atoms with Gasteiger partial charge in [-0.3, -0.25) is 0 Å². The maximum absolute atomic E-state index is 5.87. The van der Waals surface area contributed by atoms with Gasteiger partial charge in [0.25, 0.3) is 0 Å². The Balaban J connectivity index is 2.18. The molecular weight excluding hydrogens is 198 g/mol. The summed E-state index contributed by atoms with van der Waals surface area (Å²) in [6.07, 6.45) is 10.2. The molecule has 16 heavy (non-hydrogen) atoms. The van der Waals surface area contributed by atoms with Crippen molar-refractivity contribution in [1.82, 2.24) is 0 Å². The van der Waals surface area contributed by atoms with Crippen molar-refractivity contribution in [1.29, 1.82) is 0 Å². The van der Waals surface area contributed by atoms with Gasteiger partial charge in [-0.25, -0.2) is 4.99 Å². The lowest BCUT2D eigenvalue weighted by molar-refractivity contribution is 0.180. The molecule has 0 aromatic carbocycles. The third-order valence-electron chi connectivity index (χ3n) is 3.34. The maximum Gasteiger partial charge on any atom is 0.184 e. The Hall–Kier alpha value is -0.530. The molecule has 1 rings (SSSR count). The van der Waals surface area contributed by atoms with Crippen molar-refractivity contribution in [3.63, 3.8) is 0 Å². The fraction of sp³-hybridized carbons (Fsp3) is 0.929. The zero-order chi connectivity index (χ0) is 11.8. The van der Waals surface area contributed by atoms with E-state index in [0.29, 0.717) is 12.1 Å². The van der Waals surface area contributed by atoms with Crippen LogP contribution < -0.4 is 0 Å². The van der Waals surface area contributed by atoms with Crippen molar-refractivity contribution in [3.8, 4) is 0 Å². The number of nitrogens with zero attached hydrogens (tertiary/aromatic N) is 1. The number of hydrogen-bond donors (Lipinski definition) is 0. The average Bonchev–Trinajstić information content (AvgIpc) is 2.71. The highest BCUT2D eigenvalue weighted by Crippen LogP contribution is 2.21. The molecule has 94 valence electrons. The van der Waals surface area contributed by atoms with E-state index in [1.165, 1.54) is 32.1 Å². The van der Waals surface area contributed by atoms with Crippen LogP contribution in [0.1, 0.15) is 72.1 Å². The molecule has 2 unspecified atom stereocenters. The summed E-state index contributed by atoms with van der Waals surface area (Å²) in [5.41, 5.74) is 0.